The molecule has 0 aliphatic rings. The van der Waals surface area contributed by atoms with Crippen molar-refractivity contribution in [3.05, 3.63) is 77.5 Å². The molecule has 132 valence electrons. The van der Waals surface area contributed by atoms with Crippen LogP contribution in [-0.2, 0) is 0 Å². The van der Waals surface area contributed by atoms with Gasteiger partial charge in [-0.1, -0.05) is 24.3 Å². The molecule has 1 atom stereocenters. The van der Waals surface area contributed by atoms with Gasteiger partial charge in [-0.3, -0.25) is 5.10 Å². The average molecular weight is 360 g/mol. The van der Waals surface area contributed by atoms with Crippen molar-refractivity contribution in [2.45, 2.75) is 6.10 Å². The van der Waals surface area contributed by atoms with E-state index in [1.807, 2.05) is 24.3 Å². The molecular formula is C19H13FN6O. The highest BCUT2D eigenvalue weighted by Crippen LogP contribution is 2.27. The second-order valence-electron chi connectivity index (χ2n) is 5.81. The zero-order valence-electron chi connectivity index (χ0n) is 13.9. The van der Waals surface area contributed by atoms with Crippen LogP contribution in [0.5, 0.6) is 0 Å². The van der Waals surface area contributed by atoms with Crippen LogP contribution in [0.15, 0.2) is 54.6 Å². The van der Waals surface area contributed by atoms with Gasteiger partial charge < -0.3 is 10.4 Å². The number of aliphatic hydroxyl groups is 1. The fraction of sp³-hybridized carbons (Fsp3) is 0.0526. The van der Waals surface area contributed by atoms with Gasteiger partial charge in [0.15, 0.2) is 11.6 Å². The molecule has 2 heterocycles. The first-order valence-corrected chi connectivity index (χ1v) is 8.07. The number of anilines is 2. The van der Waals surface area contributed by atoms with Gasteiger partial charge in [0.1, 0.15) is 29.5 Å². The number of nitrogens with one attached hydrogen (secondary N) is 2. The van der Waals surface area contributed by atoms with Gasteiger partial charge in [-0.25, -0.2) is 14.4 Å². The molecule has 0 unspecified atom stereocenters. The summed E-state index contributed by atoms with van der Waals surface area (Å²) in [6.45, 7) is 0. The third-order valence-corrected chi connectivity index (χ3v) is 4.00. The maximum Gasteiger partial charge on any atom is 0.164 e. The highest BCUT2D eigenvalue weighted by Gasteiger charge is 2.17. The van der Waals surface area contributed by atoms with E-state index >= 15 is 0 Å². The maximum absolute atomic E-state index is 13.1. The summed E-state index contributed by atoms with van der Waals surface area (Å²) in [4.78, 5) is 8.85. The molecule has 27 heavy (non-hydrogen) atoms. The highest BCUT2D eigenvalue weighted by molar-refractivity contribution is 5.90. The van der Waals surface area contributed by atoms with Crippen molar-refractivity contribution in [3.8, 4) is 6.07 Å². The summed E-state index contributed by atoms with van der Waals surface area (Å²) in [5.41, 5.74) is 1.41. The SMILES string of the molecule is N#Cc1cc(Nc2nc([C@H](O)c3ccc(F)cc3)nc3ccccc23)n[nH]1. The molecule has 0 saturated heterocycles. The number of halogens is 1. The first-order valence-electron chi connectivity index (χ1n) is 8.07. The van der Waals surface area contributed by atoms with Gasteiger partial charge in [-0.2, -0.15) is 10.4 Å². The third-order valence-electron chi connectivity index (χ3n) is 4.00. The van der Waals surface area contributed by atoms with Gasteiger partial charge in [0.05, 0.1) is 5.52 Å². The number of nitriles is 1. The molecule has 0 aliphatic carbocycles. The van der Waals surface area contributed by atoms with Crippen molar-refractivity contribution in [1.82, 2.24) is 20.2 Å². The van der Waals surface area contributed by atoms with Crippen LogP contribution in [0.2, 0.25) is 0 Å². The summed E-state index contributed by atoms with van der Waals surface area (Å²) in [5.74, 6) is 0.629. The van der Waals surface area contributed by atoms with Crippen LogP contribution >= 0.6 is 0 Å². The lowest BCUT2D eigenvalue weighted by Gasteiger charge is -2.13. The summed E-state index contributed by atoms with van der Waals surface area (Å²) in [7, 11) is 0. The number of para-hydroxylation sites is 1. The standard InChI is InChI=1S/C19H13FN6O/c20-12-7-5-11(6-8-12)17(27)19-22-15-4-2-1-3-14(15)18(24-19)23-16-9-13(10-21)25-26-16/h1-9,17,27H,(H2,22,23,24,25,26)/t17-/m1/s1. The minimum absolute atomic E-state index is 0.166. The Balaban J connectivity index is 1.78. The Kier molecular flexibility index (Phi) is 4.20. The van der Waals surface area contributed by atoms with E-state index in [1.54, 1.807) is 12.1 Å². The maximum atomic E-state index is 13.1. The highest BCUT2D eigenvalue weighted by atomic mass is 19.1. The lowest BCUT2D eigenvalue weighted by atomic mass is 10.1. The molecule has 0 radical (unpaired) electrons. The predicted octanol–water partition coefficient (Wildman–Crippen LogP) is 3.19. The van der Waals surface area contributed by atoms with Crippen molar-refractivity contribution in [2.24, 2.45) is 0 Å². The Labute approximate surface area is 153 Å². The van der Waals surface area contributed by atoms with E-state index in [1.165, 1.54) is 24.3 Å². The number of fused-ring (bicyclic) bond motifs is 1. The first-order chi connectivity index (χ1) is 13.1. The fourth-order valence-corrected chi connectivity index (χ4v) is 2.67. The Bertz CT molecular complexity index is 1150. The van der Waals surface area contributed by atoms with Gasteiger partial charge in [0.2, 0.25) is 0 Å². The van der Waals surface area contributed by atoms with Gasteiger partial charge >= 0.3 is 0 Å². The number of hydrogen-bond donors (Lipinski definition) is 3. The zero-order valence-corrected chi connectivity index (χ0v) is 13.9. The second-order valence-corrected chi connectivity index (χ2v) is 5.81. The molecule has 7 nitrogen and oxygen atoms in total. The molecule has 4 aromatic rings. The fourth-order valence-electron chi connectivity index (χ4n) is 2.67. The minimum atomic E-state index is -1.12. The van der Waals surface area contributed by atoms with Crippen molar-refractivity contribution in [2.75, 3.05) is 5.32 Å². The minimum Gasteiger partial charge on any atom is -0.380 e. The summed E-state index contributed by atoms with van der Waals surface area (Å²) in [6.07, 6.45) is -1.12. The van der Waals surface area contributed by atoms with Crippen LogP contribution in [-0.4, -0.2) is 25.3 Å². The number of aromatic nitrogens is 4. The predicted molar refractivity (Wildman–Crippen MR) is 96.6 cm³/mol. The molecule has 4 rings (SSSR count). The molecule has 0 bridgehead atoms. The van der Waals surface area contributed by atoms with Crippen LogP contribution in [0.3, 0.4) is 0 Å². The lowest BCUT2D eigenvalue weighted by Crippen LogP contribution is -2.08. The number of nitrogens with zero attached hydrogens (tertiary/aromatic N) is 4. The van der Waals surface area contributed by atoms with Gasteiger partial charge in [-0.05, 0) is 29.8 Å². The van der Waals surface area contributed by atoms with Crippen LogP contribution in [0.1, 0.15) is 23.2 Å². The van der Waals surface area contributed by atoms with Gasteiger partial charge in [0.25, 0.3) is 0 Å². The van der Waals surface area contributed by atoms with Crippen LogP contribution in [0.4, 0.5) is 16.0 Å². The van der Waals surface area contributed by atoms with E-state index in [0.29, 0.717) is 28.4 Å². The van der Waals surface area contributed by atoms with Crippen molar-refractivity contribution in [3.63, 3.8) is 0 Å². The van der Waals surface area contributed by atoms with Gasteiger partial charge in [-0.15, -0.1) is 0 Å². The van der Waals surface area contributed by atoms with Crippen molar-refractivity contribution in [1.29, 1.82) is 5.26 Å². The topological polar surface area (TPSA) is 111 Å². The van der Waals surface area contributed by atoms with Crippen LogP contribution in [0.25, 0.3) is 10.9 Å². The van der Waals surface area contributed by atoms with E-state index in [9.17, 15) is 9.50 Å². The molecule has 3 N–H and O–H groups in total. The number of H-pyrrole nitrogens is 1. The van der Waals surface area contributed by atoms with E-state index in [0.717, 1.165) is 5.39 Å². The summed E-state index contributed by atoms with van der Waals surface area (Å²) in [5, 5.41) is 29.9. The quantitative estimate of drug-likeness (QED) is 0.515. The largest absolute Gasteiger partial charge is 0.380 e. The Morgan fingerprint density at radius 1 is 1.11 bits per heavy atom. The van der Waals surface area contributed by atoms with E-state index < -0.39 is 6.10 Å². The van der Waals surface area contributed by atoms with E-state index in [2.05, 4.69) is 25.5 Å². The number of rotatable bonds is 4. The molecule has 2 aromatic heterocycles. The van der Waals surface area contributed by atoms with Crippen LogP contribution < -0.4 is 5.32 Å². The molecular weight excluding hydrogens is 347 g/mol. The number of aliphatic hydroxyl groups excluding tert-OH is 1. The molecule has 0 saturated carbocycles. The number of hydrogen-bond acceptors (Lipinski definition) is 6. The Morgan fingerprint density at radius 2 is 1.89 bits per heavy atom. The Morgan fingerprint density at radius 3 is 2.63 bits per heavy atom. The molecule has 0 amide bonds. The summed E-state index contributed by atoms with van der Waals surface area (Å²) >= 11 is 0. The van der Waals surface area contributed by atoms with Gasteiger partial charge in [0, 0.05) is 11.5 Å². The smallest absolute Gasteiger partial charge is 0.164 e. The zero-order chi connectivity index (χ0) is 18.8. The normalized spacial score (nSPS) is 11.9. The number of aromatic amines is 1. The molecule has 0 spiro atoms. The van der Waals surface area contributed by atoms with E-state index in [4.69, 9.17) is 5.26 Å². The summed E-state index contributed by atoms with van der Waals surface area (Å²) < 4.78 is 13.1. The summed E-state index contributed by atoms with van der Waals surface area (Å²) in [6, 6.07) is 16.3. The molecule has 0 fully saturated rings. The monoisotopic (exact) mass is 360 g/mol. The second kappa shape index (κ2) is 6.82. The molecule has 0 aliphatic heterocycles. The first kappa shape index (κ1) is 16.6. The Hall–Kier alpha value is -3.83. The molecule has 2 aromatic carbocycles. The molecule has 8 heteroatoms. The lowest BCUT2D eigenvalue weighted by molar-refractivity contribution is 0.210. The van der Waals surface area contributed by atoms with Crippen LogP contribution in [0, 0.1) is 17.1 Å². The van der Waals surface area contributed by atoms with E-state index in [-0.39, 0.29) is 11.6 Å². The number of benzene rings is 2. The third kappa shape index (κ3) is 3.31. The van der Waals surface area contributed by atoms with Crippen molar-refractivity contribution >= 4 is 22.5 Å². The average Bonchev–Trinajstić information content (AvgIpc) is 3.15. The van der Waals surface area contributed by atoms with Crippen molar-refractivity contribution < 1.29 is 9.50 Å².